The van der Waals surface area contributed by atoms with E-state index in [2.05, 4.69) is 37.4 Å². The number of hydrogen-bond acceptors (Lipinski definition) is 3. The van der Waals surface area contributed by atoms with Crippen molar-refractivity contribution < 1.29 is 0 Å². The molecular weight excluding hydrogens is 270 g/mol. The summed E-state index contributed by atoms with van der Waals surface area (Å²) >= 11 is 0. The quantitative estimate of drug-likeness (QED) is 0.832. The van der Waals surface area contributed by atoms with E-state index in [4.69, 9.17) is 11.6 Å². The molecule has 3 nitrogen and oxygen atoms in total. The largest absolute Gasteiger partial charge is 0.328 e. The van der Waals surface area contributed by atoms with E-state index >= 15 is 0 Å². The van der Waals surface area contributed by atoms with E-state index < -0.39 is 0 Å². The van der Waals surface area contributed by atoms with Crippen molar-refractivity contribution >= 4 is 5.57 Å². The number of fused-ring (bicyclic) bond motifs is 1. The highest BCUT2D eigenvalue weighted by Gasteiger charge is 2.39. The van der Waals surface area contributed by atoms with Crippen molar-refractivity contribution in [3.8, 4) is 0 Å². The van der Waals surface area contributed by atoms with Crippen LogP contribution in [0, 0.1) is 5.41 Å². The third-order valence-corrected chi connectivity index (χ3v) is 5.51. The van der Waals surface area contributed by atoms with E-state index in [0.717, 1.165) is 19.4 Å². The van der Waals surface area contributed by atoms with Gasteiger partial charge in [-0.15, -0.1) is 0 Å². The predicted octanol–water partition coefficient (Wildman–Crippen LogP) is 3.79. The number of hydrogen-bond donors (Lipinski definition) is 2. The van der Waals surface area contributed by atoms with Gasteiger partial charge in [-0.05, 0) is 47.8 Å². The van der Waals surface area contributed by atoms with Crippen molar-refractivity contribution in [3.05, 3.63) is 41.6 Å². The summed E-state index contributed by atoms with van der Waals surface area (Å²) in [5, 5.41) is 1.85. The molecule has 0 amide bonds. The molecule has 4 N–H and O–H groups in total. The van der Waals surface area contributed by atoms with E-state index in [9.17, 15) is 0 Å². The summed E-state index contributed by atoms with van der Waals surface area (Å²) in [6.07, 6.45) is 10.8. The maximum Gasteiger partial charge on any atom is 0.0591 e. The van der Waals surface area contributed by atoms with E-state index in [-0.39, 0.29) is 11.5 Å². The Hall–Kier alpha value is -1.32. The number of benzene rings is 1. The van der Waals surface area contributed by atoms with Gasteiger partial charge in [0.25, 0.3) is 0 Å². The molecule has 0 saturated heterocycles. The van der Waals surface area contributed by atoms with Crippen LogP contribution in [-0.2, 0) is 6.54 Å². The van der Waals surface area contributed by atoms with E-state index in [0.29, 0.717) is 0 Å². The van der Waals surface area contributed by atoms with Gasteiger partial charge >= 0.3 is 0 Å². The second-order valence-electron chi connectivity index (χ2n) is 7.09. The molecule has 1 heterocycles. The first-order valence-electron chi connectivity index (χ1n) is 8.72. The van der Waals surface area contributed by atoms with Crippen LogP contribution < -0.4 is 11.6 Å². The monoisotopic (exact) mass is 299 g/mol. The van der Waals surface area contributed by atoms with E-state index in [1.54, 1.807) is 0 Å². The van der Waals surface area contributed by atoms with Crippen LogP contribution in [0.1, 0.15) is 63.0 Å². The Morgan fingerprint density at radius 3 is 2.64 bits per heavy atom. The first-order valence-corrected chi connectivity index (χ1v) is 8.72. The summed E-state index contributed by atoms with van der Waals surface area (Å²) in [6, 6.07) is 9.01. The van der Waals surface area contributed by atoms with Gasteiger partial charge in [0.1, 0.15) is 0 Å². The molecule has 1 atom stereocenters. The fraction of sp³-hybridized carbons (Fsp3) is 0.579. The molecule has 1 aromatic carbocycles. The zero-order valence-electron chi connectivity index (χ0n) is 13.7. The second kappa shape index (κ2) is 6.43. The summed E-state index contributed by atoms with van der Waals surface area (Å²) in [5.41, 5.74) is 10.8. The zero-order valence-corrected chi connectivity index (χ0v) is 13.7. The van der Waals surface area contributed by atoms with Gasteiger partial charge in [-0.25, -0.2) is 5.84 Å². The van der Waals surface area contributed by atoms with Crippen molar-refractivity contribution in [2.45, 2.75) is 64.5 Å². The standard InChI is InChI=1S/C19H29N3/c1-2-16(20)12-19(10-6-3-7-11-19)18-14-22(21)13-15-8-4-5-9-17(15)18/h4-5,8-9,14,16H,2-3,6-7,10-13,20-21H2,1H3. The lowest BCUT2D eigenvalue weighted by Crippen LogP contribution is -2.38. The van der Waals surface area contributed by atoms with Crippen LogP contribution in [0.4, 0.5) is 0 Å². The van der Waals surface area contributed by atoms with Crippen molar-refractivity contribution in [3.63, 3.8) is 0 Å². The molecule has 0 bridgehead atoms. The van der Waals surface area contributed by atoms with Crippen LogP contribution in [0.3, 0.4) is 0 Å². The molecule has 1 aliphatic heterocycles. The fourth-order valence-electron chi connectivity index (χ4n) is 4.28. The fourth-order valence-corrected chi connectivity index (χ4v) is 4.28. The summed E-state index contributed by atoms with van der Waals surface area (Å²) in [4.78, 5) is 0. The average molecular weight is 299 g/mol. The summed E-state index contributed by atoms with van der Waals surface area (Å²) in [7, 11) is 0. The minimum absolute atomic E-state index is 0.210. The highest BCUT2D eigenvalue weighted by atomic mass is 15.4. The molecule has 3 rings (SSSR count). The molecule has 1 saturated carbocycles. The number of nitrogens with zero attached hydrogens (tertiary/aromatic N) is 1. The molecule has 2 aliphatic rings. The molecule has 1 fully saturated rings. The van der Waals surface area contributed by atoms with E-state index in [1.807, 2.05) is 5.01 Å². The van der Waals surface area contributed by atoms with Gasteiger partial charge in [-0.2, -0.15) is 0 Å². The number of allylic oxidation sites excluding steroid dienone is 1. The van der Waals surface area contributed by atoms with Crippen molar-refractivity contribution in [2.24, 2.45) is 17.0 Å². The molecular formula is C19H29N3. The molecule has 1 aromatic rings. The molecule has 1 unspecified atom stereocenters. The van der Waals surface area contributed by atoms with Crippen LogP contribution in [0.5, 0.6) is 0 Å². The van der Waals surface area contributed by atoms with Gasteiger partial charge in [0, 0.05) is 12.2 Å². The second-order valence-corrected chi connectivity index (χ2v) is 7.09. The minimum atomic E-state index is 0.210. The lowest BCUT2D eigenvalue weighted by molar-refractivity contribution is 0.227. The van der Waals surface area contributed by atoms with Crippen LogP contribution in [0.25, 0.3) is 5.57 Å². The highest BCUT2D eigenvalue weighted by molar-refractivity contribution is 5.74. The summed E-state index contributed by atoms with van der Waals surface area (Å²) < 4.78 is 0. The zero-order chi connectivity index (χ0) is 15.6. The summed E-state index contributed by atoms with van der Waals surface area (Å²) in [5.74, 6) is 6.19. The lowest BCUT2D eigenvalue weighted by Gasteiger charge is -2.44. The molecule has 22 heavy (non-hydrogen) atoms. The van der Waals surface area contributed by atoms with Gasteiger partial charge in [-0.3, -0.25) is 0 Å². The molecule has 3 heteroatoms. The van der Waals surface area contributed by atoms with E-state index in [1.165, 1.54) is 48.8 Å². The third kappa shape index (κ3) is 2.92. The molecule has 1 aliphatic carbocycles. The number of nitrogens with two attached hydrogens (primary N) is 2. The van der Waals surface area contributed by atoms with Crippen LogP contribution in [0.15, 0.2) is 30.5 Å². The van der Waals surface area contributed by atoms with Crippen molar-refractivity contribution in [1.29, 1.82) is 0 Å². The third-order valence-electron chi connectivity index (χ3n) is 5.51. The van der Waals surface area contributed by atoms with Crippen molar-refractivity contribution in [2.75, 3.05) is 0 Å². The minimum Gasteiger partial charge on any atom is -0.328 e. The SMILES string of the molecule is CCC(N)CC1(C2=CN(N)Cc3ccccc32)CCCCC1. The highest BCUT2D eigenvalue weighted by Crippen LogP contribution is 2.51. The maximum absolute atomic E-state index is 6.38. The molecule has 0 radical (unpaired) electrons. The van der Waals surface area contributed by atoms with Crippen molar-refractivity contribution in [1.82, 2.24) is 5.01 Å². The van der Waals surface area contributed by atoms with Gasteiger partial charge in [0.15, 0.2) is 0 Å². The Morgan fingerprint density at radius 1 is 1.18 bits per heavy atom. The first-order chi connectivity index (χ1) is 10.6. The van der Waals surface area contributed by atoms with Gasteiger partial charge in [0.05, 0.1) is 6.54 Å². The van der Waals surface area contributed by atoms with Crippen LogP contribution in [0.2, 0.25) is 0 Å². The van der Waals surface area contributed by atoms with Crippen LogP contribution >= 0.6 is 0 Å². The lowest BCUT2D eigenvalue weighted by atomic mass is 9.63. The van der Waals surface area contributed by atoms with Gasteiger partial charge in [0.2, 0.25) is 0 Å². The Kier molecular flexibility index (Phi) is 4.55. The maximum atomic E-state index is 6.38. The topological polar surface area (TPSA) is 55.3 Å². The molecule has 120 valence electrons. The van der Waals surface area contributed by atoms with Gasteiger partial charge < -0.3 is 10.7 Å². The number of hydrazine groups is 1. The molecule has 0 spiro atoms. The number of rotatable bonds is 4. The normalized spacial score (nSPS) is 22.0. The first kappa shape index (κ1) is 15.6. The smallest absolute Gasteiger partial charge is 0.0591 e. The summed E-state index contributed by atoms with van der Waals surface area (Å²) in [6.45, 7) is 3.00. The average Bonchev–Trinajstić information content (AvgIpc) is 2.54. The Morgan fingerprint density at radius 2 is 1.91 bits per heavy atom. The Labute approximate surface area is 134 Å². The van der Waals surface area contributed by atoms with Crippen LogP contribution in [-0.4, -0.2) is 11.1 Å². The Balaban J connectivity index is 2.03. The Bertz CT molecular complexity index is 543. The van der Waals surface area contributed by atoms with Gasteiger partial charge in [-0.1, -0.05) is 50.5 Å². The predicted molar refractivity (Wildman–Crippen MR) is 92.6 cm³/mol. The molecule has 0 aromatic heterocycles.